The van der Waals surface area contributed by atoms with E-state index in [4.69, 9.17) is 5.73 Å². The summed E-state index contributed by atoms with van der Waals surface area (Å²) < 4.78 is 0. The van der Waals surface area contributed by atoms with Gasteiger partial charge in [0.25, 0.3) is 0 Å². The van der Waals surface area contributed by atoms with Crippen molar-refractivity contribution >= 4 is 34.2 Å². The van der Waals surface area contributed by atoms with Crippen LogP contribution in [0.5, 0.6) is 0 Å². The van der Waals surface area contributed by atoms with Crippen LogP contribution < -0.4 is 11.2 Å². The van der Waals surface area contributed by atoms with E-state index < -0.39 is 0 Å². The monoisotopic (exact) mass is 363 g/mol. The maximum Gasteiger partial charge on any atom is 0.180 e. The molecule has 1 aromatic heterocycles. The van der Waals surface area contributed by atoms with E-state index in [-0.39, 0.29) is 0 Å². The number of fused-ring (bicyclic) bond motifs is 1. The van der Waals surface area contributed by atoms with Crippen molar-refractivity contribution in [3.05, 3.63) is 58.8 Å². The second-order valence-corrected chi connectivity index (χ2v) is 8.72. The minimum absolute atomic E-state index is 0.580. The third-order valence-corrected chi connectivity index (χ3v) is 6.76. The van der Waals surface area contributed by atoms with E-state index in [2.05, 4.69) is 48.9 Å². The molecule has 134 valence electrons. The summed E-state index contributed by atoms with van der Waals surface area (Å²) in [6.07, 6.45) is 3.71. The van der Waals surface area contributed by atoms with E-state index in [0.29, 0.717) is 11.0 Å². The molecule has 0 aliphatic carbocycles. The number of hydrogen-bond donors (Lipinski definition) is 1. The Morgan fingerprint density at radius 3 is 2.85 bits per heavy atom. The molecule has 4 rings (SSSR count). The molecule has 2 aliphatic heterocycles. The summed E-state index contributed by atoms with van der Waals surface area (Å²) in [5, 5.41) is 2.53. The van der Waals surface area contributed by atoms with Crippen molar-refractivity contribution in [2.24, 2.45) is 5.92 Å². The van der Waals surface area contributed by atoms with Crippen LogP contribution in [0.1, 0.15) is 22.4 Å². The topological polar surface area (TPSA) is 42.1 Å². The van der Waals surface area contributed by atoms with Gasteiger partial charge in [0.1, 0.15) is 0 Å². The highest BCUT2D eigenvalue weighted by Crippen LogP contribution is 2.32. The molecule has 5 heteroatoms. The first-order valence-electron chi connectivity index (χ1n) is 9.39. The second-order valence-electron chi connectivity index (χ2n) is 7.83. The number of likely N-dealkylation sites (tertiary alicyclic amines) is 1. The normalized spacial score (nSPS) is 16.5. The second kappa shape index (κ2) is 6.62. The summed E-state index contributed by atoms with van der Waals surface area (Å²) in [7, 11) is 0. The Bertz CT molecular complexity index is 879. The lowest BCUT2D eigenvalue weighted by Gasteiger charge is -2.43. The Labute approximate surface area is 160 Å². The fourth-order valence-electron chi connectivity index (χ4n) is 4.47. The maximum absolute atomic E-state index is 5.73. The molecule has 2 aromatic rings. The van der Waals surface area contributed by atoms with E-state index in [1.165, 1.54) is 35.2 Å². The fourth-order valence-corrected chi connectivity index (χ4v) is 5.05. The van der Waals surface area contributed by atoms with Gasteiger partial charge in [-0.25, -0.2) is 4.98 Å². The van der Waals surface area contributed by atoms with Crippen LogP contribution in [0.4, 0.5) is 5.13 Å². The molecule has 0 saturated carbocycles. The van der Waals surface area contributed by atoms with Gasteiger partial charge in [-0.1, -0.05) is 55.0 Å². The molecule has 3 nitrogen and oxygen atoms in total. The SMILES string of the molecule is C=C(C(=C)N1CC(Cc2ccc3c(c2C)B(C)CC3)C1)c1csc(N)n1. The summed E-state index contributed by atoms with van der Waals surface area (Å²) in [4.78, 5) is 6.63. The van der Waals surface area contributed by atoms with Gasteiger partial charge in [-0.3, -0.25) is 0 Å². The number of benzene rings is 1. The first-order valence-corrected chi connectivity index (χ1v) is 10.3. The Morgan fingerprint density at radius 1 is 1.38 bits per heavy atom. The molecule has 0 radical (unpaired) electrons. The van der Waals surface area contributed by atoms with Gasteiger partial charge in [0, 0.05) is 29.7 Å². The smallest absolute Gasteiger partial charge is 0.180 e. The van der Waals surface area contributed by atoms with Gasteiger partial charge in [0.05, 0.1) is 5.69 Å². The number of hydrogen-bond acceptors (Lipinski definition) is 4. The number of aryl methyl sites for hydroxylation is 1. The number of nitrogen functional groups attached to an aromatic ring is 1. The molecule has 1 saturated heterocycles. The lowest BCUT2D eigenvalue weighted by molar-refractivity contribution is 0.150. The molecule has 0 spiro atoms. The van der Waals surface area contributed by atoms with Gasteiger partial charge in [-0.2, -0.15) is 0 Å². The Balaban J connectivity index is 1.38. The lowest BCUT2D eigenvalue weighted by Crippen LogP contribution is -2.46. The van der Waals surface area contributed by atoms with Crippen molar-refractivity contribution in [2.75, 3.05) is 18.8 Å². The number of anilines is 1. The molecule has 26 heavy (non-hydrogen) atoms. The summed E-state index contributed by atoms with van der Waals surface area (Å²) in [6, 6.07) is 4.73. The van der Waals surface area contributed by atoms with Crippen molar-refractivity contribution in [1.29, 1.82) is 0 Å². The predicted molar refractivity (Wildman–Crippen MR) is 114 cm³/mol. The first kappa shape index (κ1) is 17.4. The molecule has 0 amide bonds. The zero-order valence-corrected chi connectivity index (χ0v) is 16.5. The molecule has 0 bridgehead atoms. The van der Waals surface area contributed by atoms with E-state index >= 15 is 0 Å². The van der Waals surface area contributed by atoms with Crippen molar-refractivity contribution in [2.45, 2.75) is 32.9 Å². The van der Waals surface area contributed by atoms with Crippen LogP contribution in [-0.2, 0) is 12.8 Å². The van der Waals surface area contributed by atoms with Crippen LogP contribution in [0.25, 0.3) is 5.57 Å². The number of rotatable bonds is 5. The number of thiazole rings is 1. The summed E-state index contributed by atoms with van der Waals surface area (Å²) >= 11 is 1.45. The molecule has 1 fully saturated rings. The Hall–Kier alpha value is -2.01. The molecule has 0 unspecified atom stereocenters. The number of allylic oxidation sites excluding steroid dienone is 1. The van der Waals surface area contributed by atoms with Gasteiger partial charge >= 0.3 is 0 Å². The van der Waals surface area contributed by atoms with Crippen molar-refractivity contribution in [1.82, 2.24) is 9.88 Å². The number of nitrogens with two attached hydrogens (primary N) is 1. The average Bonchev–Trinajstić information content (AvgIpc) is 3.17. The Morgan fingerprint density at radius 2 is 2.15 bits per heavy atom. The quantitative estimate of drug-likeness (QED) is 0.652. The van der Waals surface area contributed by atoms with Crippen LogP contribution in [0.2, 0.25) is 13.1 Å². The standard InChI is InChI=1S/C21H26BN3S/c1-13(19-12-26-21(23)24-19)15(3)25-10-16(11-25)9-18-6-5-17-7-8-22(4)20(17)14(18)2/h5-6,12,16H,1,3,7-11H2,2,4H3,(H2,23,24). The zero-order chi connectivity index (χ0) is 18.4. The van der Waals surface area contributed by atoms with Gasteiger partial charge in [-0.15, -0.1) is 11.3 Å². The predicted octanol–water partition coefficient (Wildman–Crippen LogP) is 3.62. The van der Waals surface area contributed by atoms with Gasteiger partial charge < -0.3 is 10.6 Å². The van der Waals surface area contributed by atoms with Crippen LogP contribution in [0.3, 0.4) is 0 Å². The van der Waals surface area contributed by atoms with E-state index in [1.807, 2.05) is 5.38 Å². The molecule has 1 aromatic carbocycles. The van der Waals surface area contributed by atoms with Crippen LogP contribution in [-0.4, -0.2) is 29.7 Å². The number of aromatic nitrogens is 1. The van der Waals surface area contributed by atoms with Gasteiger partial charge in [-0.05, 0) is 31.2 Å². The van der Waals surface area contributed by atoms with E-state index in [0.717, 1.165) is 43.2 Å². The molecule has 3 heterocycles. The molecule has 2 aliphatic rings. The largest absolute Gasteiger partial charge is 0.375 e. The lowest BCUT2D eigenvalue weighted by atomic mass is 9.47. The van der Waals surface area contributed by atoms with Gasteiger partial charge in [0.2, 0.25) is 0 Å². The Kier molecular flexibility index (Phi) is 4.43. The van der Waals surface area contributed by atoms with Crippen LogP contribution in [0.15, 0.2) is 36.4 Å². The summed E-state index contributed by atoms with van der Waals surface area (Å²) in [5.41, 5.74) is 14.7. The van der Waals surface area contributed by atoms with Crippen LogP contribution in [0, 0.1) is 12.8 Å². The highest BCUT2D eigenvalue weighted by Gasteiger charge is 2.31. The highest BCUT2D eigenvalue weighted by atomic mass is 32.1. The van der Waals surface area contributed by atoms with Crippen molar-refractivity contribution < 1.29 is 0 Å². The third-order valence-electron chi connectivity index (χ3n) is 6.08. The molecular weight excluding hydrogens is 337 g/mol. The molecular formula is C21H26BN3S. The zero-order valence-electron chi connectivity index (χ0n) is 15.7. The summed E-state index contributed by atoms with van der Waals surface area (Å²) in [6.45, 7) is 15.9. The average molecular weight is 363 g/mol. The molecule has 2 N–H and O–H groups in total. The van der Waals surface area contributed by atoms with Crippen molar-refractivity contribution in [3.63, 3.8) is 0 Å². The minimum Gasteiger partial charge on any atom is -0.375 e. The molecule has 0 atom stereocenters. The summed E-state index contributed by atoms with van der Waals surface area (Å²) in [5.74, 6) is 0.688. The van der Waals surface area contributed by atoms with Gasteiger partial charge in [0.15, 0.2) is 11.8 Å². The first-order chi connectivity index (χ1) is 12.4. The highest BCUT2D eigenvalue weighted by molar-refractivity contribution is 7.13. The van der Waals surface area contributed by atoms with Crippen LogP contribution >= 0.6 is 11.3 Å². The van der Waals surface area contributed by atoms with Crippen molar-refractivity contribution in [3.8, 4) is 0 Å². The van der Waals surface area contributed by atoms with E-state index in [9.17, 15) is 0 Å². The number of nitrogens with zero attached hydrogens (tertiary/aromatic N) is 2. The maximum atomic E-state index is 5.73. The minimum atomic E-state index is 0.580. The van der Waals surface area contributed by atoms with E-state index in [1.54, 1.807) is 11.0 Å². The fraction of sp³-hybridized carbons (Fsp3) is 0.381. The third kappa shape index (κ3) is 2.98.